The molecule has 2 aromatic rings. The molecular weight excluding hydrogens is 394 g/mol. The van der Waals surface area contributed by atoms with E-state index in [1.807, 2.05) is 4.72 Å². The number of fused-ring (bicyclic) bond motifs is 2. The highest BCUT2D eigenvalue weighted by molar-refractivity contribution is 7.90. The Kier molecular flexibility index (Phi) is 4.95. The summed E-state index contributed by atoms with van der Waals surface area (Å²) in [6, 6.07) is 3.76. The van der Waals surface area contributed by atoms with Crippen molar-refractivity contribution in [3.05, 3.63) is 46.1 Å². The van der Waals surface area contributed by atoms with Gasteiger partial charge >= 0.3 is 6.03 Å². The van der Waals surface area contributed by atoms with Crippen molar-refractivity contribution >= 4 is 27.6 Å². The first-order chi connectivity index (χ1) is 13.9. The smallest absolute Gasteiger partial charge is 0.333 e. The summed E-state index contributed by atoms with van der Waals surface area (Å²) >= 11 is 0. The van der Waals surface area contributed by atoms with Gasteiger partial charge in [-0.3, -0.25) is 4.79 Å². The normalized spacial score (nSPS) is 14.8. The highest BCUT2D eigenvalue weighted by atomic mass is 32.2. The van der Waals surface area contributed by atoms with E-state index in [4.69, 9.17) is 0 Å². The maximum absolute atomic E-state index is 12.5. The molecule has 1 aromatic heterocycles. The van der Waals surface area contributed by atoms with Crippen molar-refractivity contribution in [3.8, 4) is 0 Å². The first-order valence-electron chi connectivity index (χ1n) is 9.45. The molecule has 10 heteroatoms. The predicted molar refractivity (Wildman–Crippen MR) is 105 cm³/mol. The Morgan fingerprint density at radius 1 is 0.966 bits per heavy atom. The molecule has 0 aliphatic heterocycles. The number of hydrogen-bond acceptors (Lipinski definition) is 6. The maximum Gasteiger partial charge on any atom is 0.333 e. The topological polar surface area (TPSA) is 130 Å². The molecule has 0 spiro atoms. The van der Waals surface area contributed by atoms with Crippen LogP contribution >= 0.6 is 0 Å². The molecule has 152 valence electrons. The Bertz CT molecular complexity index is 1060. The lowest BCUT2D eigenvalue weighted by molar-refractivity contribution is 0.0956. The van der Waals surface area contributed by atoms with E-state index in [-0.39, 0.29) is 5.69 Å². The summed E-state index contributed by atoms with van der Waals surface area (Å²) in [6.07, 6.45) is 5.75. The largest absolute Gasteiger partial charge is 0.354 e. The van der Waals surface area contributed by atoms with E-state index in [9.17, 15) is 18.0 Å². The number of hydrogen-bond donors (Lipinski definition) is 3. The van der Waals surface area contributed by atoms with Gasteiger partial charge in [0.25, 0.3) is 15.9 Å². The number of nitrogens with one attached hydrogen (secondary N) is 3. The van der Waals surface area contributed by atoms with Gasteiger partial charge in [-0.25, -0.2) is 9.52 Å². The van der Waals surface area contributed by atoms with Gasteiger partial charge in [-0.05, 0) is 72.9 Å². The van der Waals surface area contributed by atoms with Crippen molar-refractivity contribution < 1.29 is 18.0 Å². The molecule has 0 unspecified atom stereocenters. The van der Waals surface area contributed by atoms with Crippen molar-refractivity contribution in [3.63, 3.8) is 0 Å². The lowest BCUT2D eigenvalue weighted by atomic mass is 9.99. The SMILES string of the molecule is CNC(=O)c1ccc(S(=O)(=O)NC(=O)Nc2c3c(cc4c2CCC4)CCC3)nn1. The number of aromatic nitrogens is 2. The van der Waals surface area contributed by atoms with Crippen LogP contribution in [0.1, 0.15) is 45.6 Å². The number of amides is 3. The molecule has 2 aliphatic rings. The third-order valence-electron chi connectivity index (χ3n) is 5.31. The zero-order valence-corrected chi connectivity index (χ0v) is 16.7. The summed E-state index contributed by atoms with van der Waals surface area (Å²) < 4.78 is 26.9. The summed E-state index contributed by atoms with van der Waals surface area (Å²) in [7, 11) is -2.80. The van der Waals surface area contributed by atoms with Gasteiger partial charge in [0.05, 0.1) is 0 Å². The quantitative estimate of drug-likeness (QED) is 0.691. The van der Waals surface area contributed by atoms with Crippen molar-refractivity contribution in [2.45, 2.75) is 43.6 Å². The number of benzene rings is 1. The number of anilines is 1. The molecule has 0 saturated heterocycles. The molecular formula is C19H21N5O4S. The minimum atomic E-state index is -4.22. The van der Waals surface area contributed by atoms with E-state index < -0.39 is 27.0 Å². The molecule has 29 heavy (non-hydrogen) atoms. The Labute approximate surface area is 168 Å². The summed E-state index contributed by atoms with van der Waals surface area (Å²) in [4.78, 5) is 24.0. The number of rotatable bonds is 4. The van der Waals surface area contributed by atoms with Crippen LogP contribution in [0.5, 0.6) is 0 Å². The van der Waals surface area contributed by atoms with Gasteiger partial charge in [0.1, 0.15) is 0 Å². The molecule has 2 aliphatic carbocycles. The average molecular weight is 415 g/mol. The van der Waals surface area contributed by atoms with Gasteiger partial charge < -0.3 is 10.6 Å². The number of sulfonamides is 1. The van der Waals surface area contributed by atoms with Gasteiger partial charge in [0.2, 0.25) is 0 Å². The van der Waals surface area contributed by atoms with E-state index >= 15 is 0 Å². The highest BCUT2D eigenvalue weighted by Gasteiger charge is 2.27. The van der Waals surface area contributed by atoms with Gasteiger partial charge in [-0.15, -0.1) is 10.2 Å². The number of aryl methyl sites for hydroxylation is 2. The zero-order valence-electron chi connectivity index (χ0n) is 15.9. The van der Waals surface area contributed by atoms with Crippen LogP contribution in [0.15, 0.2) is 23.2 Å². The van der Waals surface area contributed by atoms with Gasteiger partial charge in [0.15, 0.2) is 10.7 Å². The fourth-order valence-corrected chi connectivity index (χ4v) is 4.79. The maximum atomic E-state index is 12.5. The molecule has 4 rings (SSSR count). The third kappa shape index (κ3) is 3.67. The molecule has 0 fully saturated rings. The van der Waals surface area contributed by atoms with E-state index in [1.165, 1.54) is 24.2 Å². The molecule has 1 aromatic carbocycles. The van der Waals surface area contributed by atoms with Crippen LogP contribution in [0.4, 0.5) is 10.5 Å². The van der Waals surface area contributed by atoms with Crippen LogP contribution in [0.25, 0.3) is 0 Å². The molecule has 9 nitrogen and oxygen atoms in total. The molecule has 3 N–H and O–H groups in total. The van der Waals surface area contributed by atoms with E-state index in [2.05, 4.69) is 26.9 Å². The first-order valence-corrected chi connectivity index (χ1v) is 10.9. The van der Waals surface area contributed by atoms with Crippen LogP contribution in [-0.4, -0.2) is 37.6 Å². The number of carbonyl (C=O) groups excluding carboxylic acids is 2. The second-order valence-electron chi connectivity index (χ2n) is 7.13. The van der Waals surface area contributed by atoms with Crippen LogP contribution < -0.4 is 15.4 Å². The summed E-state index contributed by atoms with van der Waals surface area (Å²) in [5.41, 5.74) is 5.41. The molecule has 0 saturated carbocycles. The number of carbonyl (C=O) groups is 2. The molecule has 3 amide bonds. The van der Waals surface area contributed by atoms with E-state index in [0.717, 1.165) is 61.4 Å². The van der Waals surface area contributed by atoms with Gasteiger partial charge in [-0.2, -0.15) is 8.42 Å². The van der Waals surface area contributed by atoms with Crippen molar-refractivity contribution in [1.29, 1.82) is 0 Å². The second-order valence-corrected chi connectivity index (χ2v) is 8.76. The average Bonchev–Trinajstić information content (AvgIpc) is 3.36. The first kappa shape index (κ1) is 19.3. The lowest BCUT2D eigenvalue weighted by Gasteiger charge is -2.16. The molecule has 1 heterocycles. The minimum Gasteiger partial charge on any atom is -0.354 e. The summed E-state index contributed by atoms with van der Waals surface area (Å²) in [5, 5.41) is 11.8. The second kappa shape index (κ2) is 7.43. The third-order valence-corrected chi connectivity index (χ3v) is 6.54. The Morgan fingerprint density at radius 2 is 1.62 bits per heavy atom. The monoisotopic (exact) mass is 415 g/mol. The Morgan fingerprint density at radius 3 is 2.17 bits per heavy atom. The van der Waals surface area contributed by atoms with Gasteiger partial charge in [0, 0.05) is 12.7 Å². The zero-order chi connectivity index (χ0) is 20.6. The Hall–Kier alpha value is -3.01. The van der Waals surface area contributed by atoms with Crippen LogP contribution in [0.2, 0.25) is 0 Å². The molecule has 0 atom stereocenters. The number of urea groups is 1. The molecule has 0 radical (unpaired) electrons. The number of nitrogens with zero attached hydrogens (tertiary/aromatic N) is 2. The van der Waals surface area contributed by atoms with Crippen LogP contribution in [-0.2, 0) is 35.7 Å². The van der Waals surface area contributed by atoms with Gasteiger partial charge in [-0.1, -0.05) is 6.07 Å². The van der Waals surface area contributed by atoms with E-state index in [1.54, 1.807) is 0 Å². The van der Waals surface area contributed by atoms with E-state index in [0.29, 0.717) is 0 Å². The Balaban J connectivity index is 1.54. The van der Waals surface area contributed by atoms with Crippen LogP contribution in [0, 0.1) is 0 Å². The lowest BCUT2D eigenvalue weighted by Crippen LogP contribution is -2.35. The fourth-order valence-electron chi connectivity index (χ4n) is 3.99. The van der Waals surface area contributed by atoms with Crippen LogP contribution in [0.3, 0.4) is 0 Å². The summed E-state index contributed by atoms with van der Waals surface area (Å²) in [6.45, 7) is 0. The fraction of sp³-hybridized carbons (Fsp3) is 0.368. The molecule has 0 bridgehead atoms. The predicted octanol–water partition coefficient (Wildman–Crippen LogP) is 1.32. The van der Waals surface area contributed by atoms with Crippen molar-refractivity contribution in [2.75, 3.05) is 12.4 Å². The summed E-state index contributed by atoms with van der Waals surface area (Å²) in [5.74, 6) is -0.487. The van der Waals surface area contributed by atoms with Crippen molar-refractivity contribution in [2.24, 2.45) is 0 Å². The highest BCUT2D eigenvalue weighted by Crippen LogP contribution is 2.38. The standard InChI is InChI=1S/C19H21N5O4S/c1-20-18(25)15-8-9-16(23-22-15)29(27,28)24-19(26)21-17-13-6-2-4-11(13)10-12-5-3-7-14(12)17/h8-10H,2-7H2,1H3,(H,20,25)(H2,21,24,26). The minimum absolute atomic E-state index is 0.0219. The van der Waals surface area contributed by atoms with Crippen molar-refractivity contribution in [1.82, 2.24) is 20.2 Å².